The highest BCUT2D eigenvalue weighted by atomic mass is 19.1. The molecule has 0 aliphatic heterocycles. The average molecular weight is 355 g/mol. The SMILES string of the molecule is O=C(CCn1[nH]c(=O)c2ccccc2c1=O)NCCc1cccc(F)c1. The molecule has 0 unspecified atom stereocenters. The Morgan fingerprint density at radius 2 is 1.85 bits per heavy atom. The van der Waals surface area contributed by atoms with Crippen LogP contribution in [-0.4, -0.2) is 22.2 Å². The fourth-order valence-corrected chi connectivity index (χ4v) is 2.74. The van der Waals surface area contributed by atoms with Crippen molar-refractivity contribution in [3.8, 4) is 0 Å². The van der Waals surface area contributed by atoms with Crippen LogP contribution in [0.4, 0.5) is 4.39 Å². The largest absolute Gasteiger partial charge is 0.356 e. The van der Waals surface area contributed by atoms with Gasteiger partial charge in [0.15, 0.2) is 0 Å². The molecule has 0 aliphatic rings. The first kappa shape index (κ1) is 17.6. The van der Waals surface area contributed by atoms with Gasteiger partial charge in [0.05, 0.1) is 17.3 Å². The number of aromatic nitrogens is 2. The third-order valence-corrected chi connectivity index (χ3v) is 4.07. The fourth-order valence-electron chi connectivity index (χ4n) is 2.74. The number of aryl methyl sites for hydroxylation is 1. The molecule has 0 bridgehead atoms. The van der Waals surface area contributed by atoms with Gasteiger partial charge in [0.1, 0.15) is 5.82 Å². The van der Waals surface area contributed by atoms with E-state index < -0.39 is 0 Å². The highest BCUT2D eigenvalue weighted by molar-refractivity contribution is 5.80. The molecule has 0 fully saturated rings. The van der Waals surface area contributed by atoms with E-state index in [2.05, 4.69) is 10.4 Å². The number of halogens is 1. The number of nitrogens with zero attached hydrogens (tertiary/aromatic N) is 1. The van der Waals surface area contributed by atoms with E-state index >= 15 is 0 Å². The third-order valence-electron chi connectivity index (χ3n) is 4.07. The van der Waals surface area contributed by atoms with Crippen molar-refractivity contribution in [1.29, 1.82) is 0 Å². The molecule has 0 radical (unpaired) electrons. The smallest absolute Gasteiger partial charge is 0.273 e. The molecular formula is C19H18FN3O3. The minimum absolute atomic E-state index is 0.0529. The summed E-state index contributed by atoms with van der Waals surface area (Å²) < 4.78 is 14.2. The van der Waals surface area contributed by atoms with E-state index in [0.29, 0.717) is 23.7 Å². The second-order valence-corrected chi connectivity index (χ2v) is 5.92. The van der Waals surface area contributed by atoms with Crippen LogP contribution in [0.3, 0.4) is 0 Å². The molecule has 0 spiro atoms. The monoisotopic (exact) mass is 355 g/mol. The molecule has 7 heteroatoms. The van der Waals surface area contributed by atoms with E-state index in [4.69, 9.17) is 0 Å². The Kier molecular flexibility index (Phi) is 5.26. The summed E-state index contributed by atoms with van der Waals surface area (Å²) in [6, 6.07) is 12.7. The van der Waals surface area contributed by atoms with Crippen LogP contribution >= 0.6 is 0 Å². The normalized spacial score (nSPS) is 10.8. The number of hydrogen-bond donors (Lipinski definition) is 2. The van der Waals surface area contributed by atoms with Crippen LogP contribution in [0, 0.1) is 5.82 Å². The maximum absolute atomic E-state index is 13.1. The molecular weight excluding hydrogens is 337 g/mol. The second kappa shape index (κ2) is 7.77. The number of aromatic amines is 1. The van der Waals surface area contributed by atoms with Gasteiger partial charge in [0.2, 0.25) is 5.91 Å². The van der Waals surface area contributed by atoms with Crippen molar-refractivity contribution in [3.63, 3.8) is 0 Å². The molecule has 3 aromatic rings. The van der Waals surface area contributed by atoms with Gasteiger partial charge < -0.3 is 5.32 Å². The minimum atomic E-state index is -0.369. The number of fused-ring (bicyclic) bond motifs is 1. The van der Waals surface area contributed by atoms with Gasteiger partial charge in [-0.2, -0.15) is 0 Å². The molecule has 2 aromatic carbocycles. The molecule has 1 heterocycles. The van der Waals surface area contributed by atoms with Crippen molar-refractivity contribution in [1.82, 2.24) is 15.1 Å². The average Bonchev–Trinajstić information content (AvgIpc) is 2.64. The zero-order chi connectivity index (χ0) is 18.5. The topological polar surface area (TPSA) is 84.0 Å². The van der Waals surface area contributed by atoms with Crippen LogP contribution in [0.2, 0.25) is 0 Å². The number of carbonyl (C=O) groups excluding carboxylic acids is 1. The molecule has 0 aliphatic carbocycles. The van der Waals surface area contributed by atoms with Crippen molar-refractivity contribution in [3.05, 3.63) is 80.6 Å². The zero-order valence-electron chi connectivity index (χ0n) is 14.0. The maximum atomic E-state index is 13.1. The lowest BCUT2D eigenvalue weighted by molar-refractivity contribution is -0.121. The summed E-state index contributed by atoms with van der Waals surface area (Å²) in [4.78, 5) is 36.3. The van der Waals surface area contributed by atoms with Gasteiger partial charge in [-0.3, -0.25) is 19.5 Å². The Bertz CT molecular complexity index is 1060. The fraction of sp³-hybridized carbons (Fsp3) is 0.211. The molecule has 0 saturated carbocycles. The van der Waals surface area contributed by atoms with Crippen molar-refractivity contribution in [2.24, 2.45) is 0 Å². The number of benzene rings is 2. The second-order valence-electron chi connectivity index (χ2n) is 5.92. The van der Waals surface area contributed by atoms with Crippen LogP contribution in [-0.2, 0) is 17.8 Å². The molecule has 1 aromatic heterocycles. The summed E-state index contributed by atoms with van der Waals surface area (Å²) in [6.07, 6.45) is 0.563. The Balaban J connectivity index is 1.58. The molecule has 1 amide bonds. The summed E-state index contributed by atoms with van der Waals surface area (Å²) in [5.74, 6) is -0.559. The quantitative estimate of drug-likeness (QED) is 0.704. The molecule has 26 heavy (non-hydrogen) atoms. The van der Waals surface area contributed by atoms with E-state index in [1.807, 2.05) is 0 Å². The van der Waals surface area contributed by atoms with E-state index in [1.54, 1.807) is 36.4 Å². The van der Waals surface area contributed by atoms with Gasteiger partial charge in [-0.25, -0.2) is 9.07 Å². The van der Waals surface area contributed by atoms with Crippen LogP contribution in [0.1, 0.15) is 12.0 Å². The molecule has 0 saturated heterocycles. The summed E-state index contributed by atoms with van der Waals surface area (Å²) >= 11 is 0. The molecule has 2 N–H and O–H groups in total. The first-order chi connectivity index (χ1) is 12.5. The third kappa shape index (κ3) is 4.05. The van der Waals surface area contributed by atoms with E-state index in [0.717, 1.165) is 10.2 Å². The number of amides is 1. The highest BCUT2D eigenvalue weighted by Gasteiger charge is 2.08. The van der Waals surface area contributed by atoms with Crippen molar-refractivity contribution >= 4 is 16.7 Å². The van der Waals surface area contributed by atoms with Crippen molar-refractivity contribution in [2.45, 2.75) is 19.4 Å². The number of rotatable bonds is 6. The number of H-pyrrole nitrogens is 1. The molecule has 6 nitrogen and oxygen atoms in total. The summed E-state index contributed by atoms with van der Waals surface area (Å²) in [7, 11) is 0. The summed E-state index contributed by atoms with van der Waals surface area (Å²) in [5.41, 5.74) is 0.0832. The van der Waals surface area contributed by atoms with Crippen molar-refractivity contribution < 1.29 is 9.18 Å². The van der Waals surface area contributed by atoms with Crippen LogP contribution in [0.15, 0.2) is 58.1 Å². The molecule has 3 rings (SSSR count). The van der Waals surface area contributed by atoms with Crippen LogP contribution in [0.25, 0.3) is 10.8 Å². The maximum Gasteiger partial charge on any atom is 0.273 e. The first-order valence-electron chi connectivity index (χ1n) is 8.27. The van der Waals surface area contributed by atoms with Crippen molar-refractivity contribution in [2.75, 3.05) is 6.54 Å². The predicted molar refractivity (Wildman–Crippen MR) is 96.6 cm³/mol. The Labute approximate surface area is 148 Å². The first-order valence-corrected chi connectivity index (χ1v) is 8.27. The number of hydrogen-bond acceptors (Lipinski definition) is 3. The van der Waals surface area contributed by atoms with Gasteiger partial charge in [-0.1, -0.05) is 24.3 Å². The van der Waals surface area contributed by atoms with Crippen LogP contribution < -0.4 is 16.4 Å². The van der Waals surface area contributed by atoms with Gasteiger partial charge >= 0.3 is 0 Å². The lowest BCUT2D eigenvalue weighted by Crippen LogP contribution is -2.33. The Hall–Kier alpha value is -3.22. The summed E-state index contributed by atoms with van der Waals surface area (Å²) in [6.45, 7) is 0.441. The van der Waals surface area contributed by atoms with E-state index in [9.17, 15) is 18.8 Å². The van der Waals surface area contributed by atoms with Crippen LogP contribution in [0.5, 0.6) is 0 Å². The lowest BCUT2D eigenvalue weighted by atomic mass is 10.1. The van der Waals surface area contributed by atoms with Gasteiger partial charge in [0, 0.05) is 13.0 Å². The zero-order valence-corrected chi connectivity index (χ0v) is 14.0. The predicted octanol–water partition coefficient (Wildman–Crippen LogP) is 1.58. The highest BCUT2D eigenvalue weighted by Crippen LogP contribution is 2.04. The molecule has 0 atom stereocenters. The minimum Gasteiger partial charge on any atom is -0.356 e. The van der Waals surface area contributed by atoms with E-state index in [1.165, 1.54) is 12.1 Å². The standard InChI is InChI=1S/C19H18FN3O3/c20-14-5-3-4-13(12-14)8-10-21-17(24)9-11-23-19(26)16-7-2-1-6-15(16)18(25)22-23/h1-7,12H,8-11H2,(H,21,24)(H,22,25). The lowest BCUT2D eigenvalue weighted by Gasteiger charge is -2.08. The van der Waals surface area contributed by atoms with Gasteiger partial charge in [0.25, 0.3) is 11.1 Å². The summed E-state index contributed by atoms with van der Waals surface area (Å²) in [5, 5.41) is 5.86. The Morgan fingerprint density at radius 1 is 1.08 bits per heavy atom. The van der Waals surface area contributed by atoms with Gasteiger partial charge in [-0.05, 0) is 36.2 Å². The Morgan fingerprint density at radius 3 is 2.62 bits per heavy atom. The van der Waals surface area contributed by atoms with E-state index in [-0.39, 0.29) is 35.8 Å². The number of carbonyl (C=O) groups is 1. The molecule has 134 valence electrons. The van der Waals surface area contributed by atoms with Gasteiger partial charge in [-0.15, -0.1) is 0 Å². The number of nitrogens with one attached hydrogen (secondary N) is 2.